The molecule has 3 nitrogen and oxygen atoms in total. The van der Waals surface area contributed by atoms with Gasteiger partial charge >= 0.3 is 0 Å². The molecule has 0 fully saturated rings. The van der Waals surface area contributed by atoms with E-state index in [0.29, 0.717) is 6.54 Å². The first-order chi connectivity index (χ1) is 8.28. The Labute approximate surface area is 101 Å². The van der Waals surface area contributed by atoms with Gasteiger partial charge in [-0.15, -0.1) is 0 Å². The zero-order chi connectivity index (χ0) is 12.1. The van der Waals surface area contributed by atoms with Gasteiger partial charge in [-0.25, -0.2) is 0 Å². The topological polar surface area (TPSA) is 58.3 Å². The number of allylic oxidation sites excluding steroid dienone is 4. The van der Waals surface area contributed by atoms with E-state index in [1.807, 2.05) is 36.4 Å². The molecule has 3 heteroatoms. The van der Waals surface area contributed by atoms with Gasteiger partial charge in [0.05, 0.1) is 0 Å². The van der Waals surface area contributed by atoms with E-state index in [4.69, 9.17) is 5.73 Å². The van der Waals surface area contributed by atoms with Gasteiger partial charge in [-0.1, -0.05) is 18.2 Å². The van der Waals surface area contributed by atoms with Crippen LogP contribution in [0.25, 0.3) is 0 Å². The second-order valence-corrected chi connectivity index (χ2v) is 3.89. The highest BCUT2D eigenvalue weighted by Crippen LogP contribution is 2.15. The van der Waals surface area contributed by atoms with E-state index in [1.165, 1.54) is 0 Å². The molecule has 17 heavy (non-hydrogen) atoms. The molecule has 0 saturated heterocycles. The minimum atomic E-state index is 0.288. The molecule has 0 bridgehead atoms. The minimum absolute atomic E-state index is 0.288. The zero-order valence-corrected chi connectivity index (χ0v) is 9.56. The number of aliphatic hydroxyl groups is 1. The van der Waals surface area contributed by atoms with Crippen LogP contribution >= 0.6 is 0 Å². The summed E-state index contributed by atoms with van der Waals surface area (Å²) in [6, 6.07) is 7.92. The molecule has 4 N–H and O–H groups in total. The highest BCUT2D eigenvalue weighted by Gasteiger charge is 1.99. The molecule has 0 amide bonds. The number of nitrogens with two attached hydrogens (primary N) is 1. The standard InChI is InChI=1S/C14H16N2O/c15-10-11-5-7-12(8-6-11)16-13-3-1-2-4-14(17)9-13/h1,3-9,16-17H,2,10,15H2. The predicted molar refractivity (Wildman–Crippen MR) is 70.5 cm³/mol. The summed E-state index contributed by atoms with van der Waals surface area (Å²) in [5.74, 6) is 0.288. The van der Waals surface area contributed by atoms with Crippen molar-refractivity contribution in [2.45, 2.75) is 13.0 Å². The van der Waals surface area contributed by atoms with E-state index < -0.39 is 0 Å². The first-order valence-corrected chi connectivity index (χ1v) is 5.61. The smallest absolute Gasteiger partial charge is 0.113 e. The molecule has 88 valence electrons. The van der Waals surface area contributed by atoms with Crippen LogP contribution in [0, 0.1) is 0 Å². The summed E-state index contributed by atoms with van der Waals surface area (Å²) in [7, 11) is 0. The summed E-state index contributed by atoms with van der Waals surface area (Å²) < 4.78 is 0. The molecule has 0 heterocycles. The number of anilines is 1. The Kier molecular flexibility index (Phi) is 3.62. The normalized spacial score (nSPS) is 14.9. The van der Waals surface area contributed by atoms with Gasteiger partial charge in [-0.3, -0.25) is 0 Å². The number of nitrogens with one attached hydrogen (secondary N) is 1. The zero-order valence-electron chi connectivity index (χ0n) is 9.56. The molecule has 1 aromatic rings. The average molecular weight is 228 g/mol. The number of rotatable bonds is 3. The number of hydrogen-bond donors (Lipinski definition) is 3. The van der Waals surface area contributed by atoms with Crippen LogP contribution in [-0.4, -0.2) is 5.11 Å². The lowest BCUT2D eigenvalue weighted by Crippen LogP contribution is -1.99. The molecule has 0 unspecified atom stereocenters. The first-order valence-electron chi connectivity index (χ1n) is 5.61. The molecular weight excluding hydrogens is 212 g/mol. The molecule has 0 atom stereocenters. The summed E-state index contributed by atoms with van der Waals surface area (Å²) in [6.45, 7) is 0.548. The fourth-order valence-corrected chi connectivity index (χ4v) is 1.62. The molecule has 0 radical (unpaired) electrons. The summed E-state index contributed by atoms with van der Waals surface area (Å²) in [5.41, 5.74) is 8.49. The van der Waals surface area contributed by atoms with Crippen LogP contribution in [0.1, 0.15) is 12.0 Å². The van der Waals surface area contributed by atoms with E-state index in [2.05, 4.69) is 5.32 Å². The Balaban J connectivity index is 2.12. The molecule has 0 saturated carbocycles. The molecule has 2 rings (SSSR count). The third-order valence-electron chi connectivity index (χ3n) is 2.54. The maximum atomic E-state index is 9.51. The van der Waals surface area contributed by atoms with Crippen molar-refractivity contribution in [2.75, 3.05) is 5.32 Å². The van der Waals surface area contributed by atoms with Crippen molar-refractivity contribution < 1.29 is 5.11 Å². The second kappa shape index (κ2) is 5.37. The van der Waals surface area contributed by atoms with Crippen molar-refractivity contribution >= 4 is 5.69 Å². The fraction of sp³-hybridized carbons (Fsp3) is 0.143. The van der Waals surface area contributed by atoms with Crippen molar-refractivity contribution in [2.24, 2.45) is 5.73 Å². The maximum absolute atomic E-state index is 9.51. The summed E-state index contributed by atoms with van der Waals surface area (Å²) in [5, 5.41) is 12.7. The van der Waals surface area contributed by atoms with Gasteiger partial charge in [-0.05, 0) is 36.3 Å². The minimum Gasteiger partial charge on any atom is -0.508 e. The lowest BCUT2D eigenvalue weighted by atomic mass is 10.2. The second-order valence-electron chi connectivity index (χ2n) is 3.89. The molecule has 0 aliphatic heterocycles. The van der Waals surface area contributed by atoms with Gasteiger partial charge in [0, 0.05) is 24.0 Å². The molecule has 1 aliphatic rings. The van der Waals surface area contributed by atoms with Crippen molar-refractivity contribution in [3.8, 4) is 0 Å². The van der Waals surface area contributed by atoms with E-state index in [-0.39, 0.29) is 5.76 Å². The van der Waals surface area contributed by atoms with E-state index in [0.717, 1.165) is 23.4 Å². The Bertz CT molecular complexity index is 470. The number of benzene rings is 1. The molecule has 1 aromatic carbocycles. The van der Waals surface area contributed by atoms with Crippen LogP contribution in [0.2, 0.25) is 0 Å². The number of aliphatic hydroxyl groups excluding tert-OH is 1. The van der Waals surface area contributed by atoms with Crippen LogP contribution in [-0.2, 0) is 6.54 Å². The highest BCUT2D eigenvalue weighted by atomic mass is 16.3. The van der Waals surface area contributed by atoms with Gasteiger partial charge < -0.3 is 16.2 Å². The fourth-order valence-electron chi connectivity index (χ4n) is 1.62. The van der Waals surface area contributed by atoms with E-state index in [9.17, 15) is 5.11 Å². The van der Waals surface area contributed by atoms with Crippen LogP contribution in [0.5, 0.6) is 0 Å². The van der Waals surface area contributed by atoms with Crippen molar-refractivity contribution in [1.29, 1.82) is 0 Å². The van der Waals surface area contributed by atoms with E-state index in [1.54, 1.807) is 12.2 Å². The van der Waals surface area contributed by atoms with Crippen LogP contribution in [0.3, 0.4) is 0 Å². The lowest BCUT2D eigenvalue weighted by molar-refractivity contribution is 0.430. The van der Waals surface area contributed by atoms with Gasteiger partial charge in [0.2, 0.25) is 0 Å². The Morgan fingerprint density at radius 1 is 1.24 bits per heavy atom. The molecule has 0 spiro atoms. The number of hydrogen-bond acceptors (Lipinski definition) is 3. The predicted octanol–water partition coefficient (Wildman–Crippen LogP) is 2.84. The van der Waals surface area contributed by atoms with Crippen LogP contribution in [0.15, 0.2) is 60.0 Å². The molecular formula is C14H16N2O. The van der Waals surface area contributed by atoms with Crippen LogP contribution in [0.4, 0.5) is 5.69 Å². The summed E-state index contributed by atoms with van der Waals surface area (Å²) in [4.78, 5) is 0. The third-order valence-corrected chi connectivity index (χ3v) is 2.54. The SMILES string of the molecule is NCc1ccc(NC2=CC(O)=CCC=C2)cc1. The quantitative estimate of drug-likeness (QED) is 0.745. The monoisotopic (exact) mass is 228 g/mol. The first kappa shape index (κ1) is 11.5. The Morgan fingerprint density at radius 3 is 2.71 bits per heavy atom. The lowest BCUT2D eigenvalue weighted by Gasteiger charge is -2.07. The van der Waals surface area contributed by atoms with Crippen molar-refractivity contribution in [3.05, 3.63) is 65.6 Å². The average Bonchev–Trinajstić information content (AvgIpc) is 2.55. The van der Waals surface area contributed by atoms with Gasteiger partial charge in [0.1, 0.15) is 5.76 Å². The van der Waals surface area contributed by atoms with Gasteiger partial charge in [0.15, 0.2) is 0 Å². The van der Waals surface area contributed by atoms with Gasteiger partial charge in [-0.2, -0.15) is 0 Å². The van der Waals surface area contributed by atoms with Gasteiger partial charge in [0.25, 0.3) is 0 Å². The highest BCUT2D eigenvalue weighted by molar-refractivity contribution is 5.53. The third kappa shape index (κ3) is 3.23. The van der Waals surface area contributed by atoms with Crippen molar-refractivity contribution in [3.63, 3.8) is 0 Å². The summed E-state index contributed by atoms with van der Waals surface area (Å²) in [6.07, 6.45) is 8.18. The van der Waals surface area contributed by atoms with Crippen molar-refractivity contribution in [1.82, 2.24) is 0 Å². The molecule has 1 aliphatic carbocycles. The van der Waals surface area contributed by atoms with E-state index >= 15 is 0 Å². The van der Waals surface area contributed by atoms with Crippen LogP contribution < -0.4 is 11.1 Å². The maximum Gasteiger partial charge on any atom is 0.113 e. The largest absolute Gasteiger partial charge is 0.508 e. The Morgan fingerprint density at radius 2 is 2.00 bits per heavy atom. The molecule has 0 aromatic heterocycles. The summed E-state index contributed by atoms with van der Waals surface area (Å²) >= 11 is 0. The Hall–Kier alpha value is -2.00.